The predicted octanol–water partition coefficient (Wildman–Crippen LogP) is 5.13. The average Bonchev–Trinajstić information content (AvgIpc) is 3.35. The van der Waals surface area contributed by atoms with Gasteiger partial charge in [0.25, 0.3) is 6.43 Å². The van der Waals surface area contributed by atoms with E-state index in [0.717, 1.165) is 12.8 Å². The number of ether oxygens (including phenoxy) is 1. The quantitative estimate of drug-likeness (QED) is 0.516. The molecule has 1 radical (unpaired) electrons. The third-order valence-corrected chi connectivity index (χ3v) is 4.59. The average molecular weight is 488 g/mol. The molecule has 1 aliphatic heterocycles. The van der Waals surface area contributed by atoms with Crippen molar-refractivity contribution >= 4 is 21.6 Å². The normalized spacial score (nSPS) is 17.2. The molecule has 1 saturated carbocycles. The summed E-state index contributed by atoms with van der Waals surface area (Å²) in [5.41, 5.74) is 0.763. The molecule has 1 heterocycles. The molecule has 1 aliphatic carbocycles. The van der Waals surface area contributed by atoms with Crippen molar-refractivity contribution in [3.8, 4) is 5.75 Å². The smallest absolute Gasteiger partial charge is 0.256 e. The number of benzene rings is 1. The zero-order valence-corrected chi connectivity index (χ0v) is 17.9. The summed E-state index contributed by atoms with van der Waals surface area (Å²) in [7, 11) is 0. The van der Waals surface area contributed by atoms with Gasteiger partial charge in [0.05, 0.1) is 19.0 Å². The van der Waals surface area contributed by atoms with Crippen LogP contribution in [-0.4, -0.2) is 24.5 Å². The monoisotopic (exact) mass is 487 g/mol. The third kappa shape index (κ3) is 5.21. The van der Waals surface area contributed by atoms with Gasteiger partial charge in [0.2, 0.25) is 0 Å². The standard InChI is InChI=1S/C18H16BrF3NO.Y/c1-11-15(19)6-7-17(23(11)9-18(21)22)14-5-4-13(8-16(14)20)24-10-12-2-3-12;/h4-6,8,12,18H,1-3,9-10H2;/q-1;. The first-order chi connectivity index (χ1) is 11.5. The fraction of sp³-hybridized carbons (Fsp3) is 0.333. The Hall–Kier alpha value is -0.586. The van der Waals surface area contributed by atoms with E-state index in [1.807, 2.05) is 0 Å². The van der Waals surface area contributed by atoms with E-state index in [2.05, 4.69) is 28.6 Å². The Balaban J connectivity index is 0.00000225. The maximum absolute atomic E-state index is 14.5. The first-order valence-corrected chi connectivity index (χ1v) is 8.42. The number of allylic oxidation sites excluding steroid dienone is 3. The van der Waals surface area contributed by atoms with Gasteiger partial charge in [-0.1, -0.05) is 22.3 Å². The van der Waals surface area contributed by atoms with Gasteiger partial charge < -0.3 is 9.64 Å². The number of nitrogens with zero attached hydrogens (tertiary/aromatic N) is 1. The van der Waals surface area contributed by atoms with Crippen molar-refractivity contribution in [2.45, 2.75) is 19.3 Å². The molecule has 2 nitrogen and oxygen atoms in total. The van der Waals surface area contributed by atoms with Crippen LogP contribution in [0.5, 0.6) is 5.75 Å². The van der Waals surface area contributed by atoms with Gasteiger partial charge in [0.1, 0.15) is 5.75 Å². The van der Waals surface area contributed by atoms with Crippen LogP contribution >= 0.6 is 15.9 Å². The first-order valence-electron chi connectivity index (χ1n) is 7.62. The van der Waals surface area contributed by atoms with Crippen molar-refractivity contribution in [3.05, 3.63) is 58.5 Å². The number of alkyl halides is 2. The number of hydrogen-bond acceptors (Lipinski definition) is 2. The molecular weight excluding hydrogens is 472 g/mol. The molecule has 1 aromatic rings. The summed E-state index contributed by atoms with van der Waals surface area (Å²) < 4.78 is 46.3. The van der Waals surface area contributed by atoms with Crippen molar-refractivity contribution in [1.29, 1.82) is 0 Å². The molecule has 0 bridgehead atoms. The second-order valence-corrected chi connectivity index (χ2v) is 6.68. The van der Waals surface area contributed by atoms with Gasteiger partial charge >= 0.3 is 0 Å². The van der Waals surface area contributed by atoms with Crippen LogP contribution in [0.4, 0.5) is 13.2 Å². The summed E-state index contributed by atoms with van der Waals surface area (Å²) in [4.78, 5) is 1.26. The molecule has 2 aliphatic rings. The number of hydrogen-bond donors (Lipinski definition) is 0. The Morgan fingerprint density at radius 2 is 2.08 bits per heavy atom. The first kappa shape index (κ1) is 20.7. The van der Waals surface area contributed by atoms with E-state index >= 15 is 0 Å². The van der Waals surface area contributed by atoms with Crippen LogP contribution in [0.25, 0.3) is 5.70 Å². The second-order valence-electron chi connectivity index (χ2n) is 5.83. The zero-order chi connectivity index (χ0) is 17.3. The number of halogens is 4. The van der Waals surface area contributed by atoms with Crippen LogP contribution in [0.3, 0.4) is 0 Å². The van der Waals surface area contributed by atoms with E-state index in [4.69, 9.17) is 4.74 Å². The van der Waals surface area contributed by atoms with Gasteiger partial charge in [-0.15, -0.1) is 22.0 Å². The van der Waals surface area contributed by atoms with Crippen molar-refractivity contribution < 1.29 is 50.6 Å². The van der Waals surface area contributed by atoms with Crippen molar-refractivity contribution in [3.63, 3.8) is 0 Å². The fourth-order valence-electron chi connectivity index (χ4n) is 2.40. The maximum Gasteiger partial charge on any atom is 0.256 e. The Kier molecular flexibility index (Phi) is 7.35. The van der Waals surface area contributed by atoms with Crippen LogP contribution < -0.4 is 4.74 Å². The molecule has 0 aromatic heterocycles. The summed E-state index contributed by atoms with van der Waals surface area (Å²) in [5, 5.41) is 0. The third-order valence-electron chi connectivity index (χ3n) is 3.91. The Morgan fingerprint density at radius 1 is 1.36 bits per heavy atom. The molecule has 0 N–H and O–H groups in total. The fourth-order valence-corrected chi connectivity index (χ4v) is 2.72. The summed E-state index contributed by atoms with van der Waals surface area (Å²) in [6, 6.07) is 4.45. The van der Waals surface area contributed by atoms with E-state index in [1.165, 1.54) is 17.0 Å². The SMILES string of the molecule is C=C1C(Br)=C[C-]=C(c2ccc(OCC3CC3)cc2F)N1CC(F)F.[Y]. The maximum atomic E-state index is 14.5. The minimum Gasteiger partial charge on any atom is -0.493 e. The van der Waals surface area contributed by atoms with E-state index < -0.39 is 18.8 Å². The number of rotatable bonds is 6. The zero-order valence-electron chi connectivity index (χ0n) is 13.4. The van der Waals surface area contributed by atoms with Gasteiger partial charge in [-0.2, -0.15) is 12.2 Å². The molecule has 25 heavy (non-hydrogen) atoms. The molecular formula is C18H16BrF3NOY-. The minimum absolute atomic E-state index is 0. The molecule has 0 saturated heterocycles. The van der Waals surface area contributed by atoms with Gasteiger partial charge in [-0.05, 0) is 30.5 Å². The molecule has 0 spiro atoms. The molecule has 1 aromatic carbocycles. The van der Waals surface area contributed by atoms with Gasteiger partial charge in [0, 0.05) is 38.8 Å². The largest absolute Gasteiger partial charge is 0.493 e. The van der Waals surface area contributed by atoms with Crippen LogP contribution in [0.2, 0.25) is 0 Å². The van der Waals surface area contributed by atoms with E-state index in [1.54, 1.807) is 12.1 Å². The molecule has 0 amide bonds. The Labute approximate surface area is 178 Å². The van der Waals surface area contributed by atoms with Gasteiger partial charge in [-0.25, -0.2) is 13.2 Å². The second kappa shape index (κ2) is 8.87. The molecule has 3 rings (SSSR count). The molecule has 131 valence electrons. The molecule has 0 unspecified atom stereocenters. The Morgan fingerprint density at radius 3 is 2.68 bits per heavy atom. The molecule has 0 atom stereocenters. The summed E-state index contributed by atoms with van der Waals surface area (Å²) in [6.07, 6.45) is 4.11. The van der Waals surface area contributed by atoms with Crippen molar-refractivity contribution in [1.82, 2.24) is 4.90 Å². The van der Waals surface area contributed by atoms with Gasteiger partial charge in [-0.3, -0.25) is 0 Å². The van der Waals surface area contributed by atoms with Crippen molar-refractivity contribution in [2.24, 2.45) is 5.92 Å². The van der Waals surface area contributed by atoms with Gasteiger partial charge in [0.15, 0.2) is 0 Å². The predicted molar refractivity (Wildman–Crippen MR) is 90.1 cm³/mol. The van der Waals surface area contributed by atoms with E-state index in [0.29, 0.717) is 28.5 Å². The summed E-state index contributed by atoms with van der Waals surface area (Å²) in [6.45, 7) is 3.78. The molecule has 1 fully saturated rings. The van der Waals surface area contributed by atoms with Crippen LogP contribution in [-0.2, 0) is 32.7 Å². The summed E-state index contributed by atoms with van der Waals surface area (Å²) in [5.74, 6) is 0.467. The Bertz CT molecular complexity index is 716. The topological polar surface area (TPSA) is 12.5 Å². The van der Waals surface area contributed by atoms with Crippen LogP contribution in [0.15, 0.2) is 41.0 Å². The van der Waals surface area contributed by atoms with E-state index in [-0.39, 0.29) is 44.0 Å². The van der Waals surface area contributed by atoms with Crippen LogP contribution in [0, 0.1) is 17.8 Å². The van der Waals surface area contributed by atoms with Crippen LogP contribution in [0.1, 0.15) is 18.4 Å². The summed E-state index contributed by atoms with van der Waals surface area (Å²) >= 11 is 3.24. The van der Waals surface area contributed by atoms with Crippen molar-refractivity contribution in [2.75, 3.05) is 13.2 Å². The van der Waals surface area contributed by atoms with E-state index in [9.17, 15) is 13.2 Å². The molecule has 7 heteroatoms. The minimum atomic E-state index is -2.58.